The molecule has 1 aliphatic rings. The van der Waals surface area contributed by atoms with Crippen molar-refractivity contribution in [3.63, 3.8) is 0 Å². The van der Waals surface area contributed by atoms with Gasteiger partial charge in [-0.05, 0) is 25.5 Å². The van der Waals surface area contributed by atoms with E-state index in [1.165, 1.54) is 24.2 Å². The quantitative estimate of drug-likeness (QED) is 0.663. The van der Waals surface area contributed by atoms with Gasteiger partial charge in [0.1, 0.15) is 6.04 Å². The maximum absolute atomic E-state index is 12.5. The molecular weight excluding hydrogens is 276 g/mol. The van der Waals surface area contributed by atoms with Crippen molar-refractivity contribution in [2.75, 3.05) is 19.8 Å². The topological polar surface area (TPSA) is 75.2 Å². The van der Waals surface area contributed by atoms with Crippen LogP contribution in [0.4, 0.5) is 0 Å². The van der Waals surface area contributed by atoms with Crippen molar-refractivity contribution in [3.8, 4) is 0 Å². The van der Waals surface area contributed by atoms with Gasteiger partial charge in [0.15, 0.2) is 5.16 Å². The molecule has 1 aromatic rings. The summed E-state index contributed by atoms with van der Waals surface area (Å²) in [6, 6.07) is -0.388. The Labute approximate surface area is 122 Å². The zero-order valence-corrected chi connectivity index (χ0v) is 12.4. The van der Waals surface area contributed by atoms with Crippen molar-refractivity contribution in [1.82, 2.24) is 20.2 Å². The fraction of sp³-hybridized carbons (Fsp3) is 0.538. The predicted molar refractivity (Wildman–Crippen MR) is 76.6 cm³/mol. The summed E-state index contributed by atoms with van der Waals surface area (Å²) < 4.78 is 0. The van der Waals surface area contributed by atoms with Gasteiger partial charge in [-0.2, -0.15) is 0 Å². The van der Waals surface area contributed by atoms with E-state index in [9.17, 15) is 9.59 Å². The van der Waals surface area contributed by atoms with Gasteiger partial charge in [-0.3, -0.25) is 9.59 Å². The van der Waals surface area contributed by atoms with Crippen LogP contribution in [0.1, 0.15) is 29.6 Å². The van der Waals surface area contributed by atoms with Crippen molar-refractivity contribution in [3.05, 3.63) is 18.0 Å². The highest BCUT2D eigenvalue weighted by molar-refractivity contribution is 7.98. The number of thioether (sulfide) groups is 1. The van der Waals surface area contributed by atoms with E-state index in [2.05, 4.69) is 15.3 Å². The lowest BCUT2D eigenvalue weighted by atomic mass is 10.0. The molecule has 0 radical (unpaired) electrons. The maximum atomic E-state index is 12.5. The third-order valence-electron chi connectivity index (χ3n) is 3.37. The standard InChI is InChI=1S/C13H18N4O2S/c1-14-11(18)10-5-3-4-6-17(10)12(19)9-7-15-13(20-2)16-8-9/h7-8,10H,3-6H2,1-2H3,(H,14,18)/t10-/m0/s1. The highest BCUT2D eigenvalue weighted by atomic mass is 32.2. The van der Waals surface area contributed by atoms with E-state index in [0.717, 1.165) is 12.8 Å². The third kappa shape index (κ3) is 3.09. The molecule has 1 N–H and O–H groups in total. The Morgan fingerprint density at radius 2 is 2.05 bits per heavy atom. The minimum absolute atomic E-state index is 0.111. The molecule has 7 heteroatoms. The minimum Gasteiger partial charge on any atom is -0.357 e. The second-order valence-electron chi connectivity index (χ2n) is 4.58. The maximum Gasteiger partial charge on any atom is 0.257 e. The summed E-state index contributed by atoms with van der Waals surface area (Å²) in [5.41, 5.74) is 0.429. The van der Waals surface area contributed by atoms with Crippen molar-refractivity contribution in [2.24, 2.45) is 0 Å². The number of amides is 2. The first-order valence-corrected chi connectivity index (χ1v) is 7.78. The summed E-state index contributed by atoms with van der Waals surface area (Å²) in [5.74, 6) is -0.286. The van der Waals surface area contributed by atoms with Crippen molar-refractivity contribution >= 4 is 23.6 Å². The normalized spacial score (nSPS) is 18.7. The van der Waals surface area contributed by atoms with Gasteiger partial charge in [0.2, 0.25) is 5.91 Å². The molecule has 0 unspecified atom stereocenters. The minimum atomic E-state index is -0.388. The number of aromatic nitrogens is 2. The second kappa shape index (κ2) is 6.69. The molecule has 2 amide bonds. The van der Waals surface area contributed by atoms with Gasteiger partial charge in [0, 0.05) is 26.0 Å². The lowest BCUT2D eigenvalue weighted by molar-refractivity contribution is -0.126. The van der Waals surface area contributed by atoms with Crippen LogP contribution in [-0.2, 0) is 4.79 Å². The first-order chi connectivity index (χ1) is 9.67. The summed E-state index contributed by atoms with van der Waals surface area (Å²) in [5, 5.41) is 3.25. The zero-order valence-electron chi connectivity index (χ0n) is 11.6. The van der Waals surface area contributed by atoms with Crippen LogP contribution < -0.4 is 5.32 Å². The number of hydrogen-bond donors (Lipinski definition) is 1. The number of hydrogen-bond acceptors (Lipinski definition) is 5. The summed E-state index contributed by atoms with van der Waals surface area (Å²) in [7, 11) is 1.59. The van der Waals surface area contributed by atoms with Gasteiger partial charge in [-0.1, -0.05) is 11.8 Å². The van der Waals surface area contributed by atoms with Crippen LogP contribution in [0.3, 0.4) is 0 Å². The predicted octanol–water partition coefficient (Wildman–Crippen LogP) is 0.939. The van der Waals surface area contributed by atoms with Crippen LogP contribution in [0, 0.1) is 0 Å². The molecule has 6 nitrogen and oxygen atoms in total. The van der Waals surface area contributed by atoms with Gasteiger partial charge in [-0.15, -0.1) is 0 Å². The number of piperidine rings is 1. The monoisotopic (exact) mass is 294 g/mol. The summed E-state index contributed by atoms with van der Waals surface area (Å²) >= 11 is 1.42. The number of carbonyl (C=O) groups is 2. The molecule has 2 rings (SSSR count). The Balaban J connectivity index is 2.18. The molecule has 1 aromatic heterocycles. The van der Waals surface area contributed by atoms with Crippen molar-refractivity contribution < 1.29 is 9.59 Å². The Morgan fingerprint density at radius 1 is 1.35 bits per heavy atom. The molecule has 1 atom stereocenters. The fourth-order valence-electron chi connectivity index (χ4n) is 2.31. The number of likely N-dealkylation sites (tertiary alicyclic amines) is 1. The molecular formula is C13H18N4O2S. The number of nitrogens with zero attached hydrogens (tertiary/aromatic N) is 3. The van der Waals surface area contributed by atoms with Gasteiger partial charge >= 0.3 is 0 Å². The Bertz CT molecular complexity index is 492. The highest BCUT2D eigenvalue weighted by Crippen LogP contribution is 2.20. The van der Waals surface area contributed by atoms with Crippen LogP contribution in [0.25, 0.3) is 0 Å². The third-order valence-corrected chi connectivity index (χ3v) is 3.95. The lowest BCUT2D eigenvalue weighted by Gasteiger charge is -2.34. The van der Waals surface area contributed by atoms with Gasteiger partial charge in [0.05, 0.1) is 5.56 Å². The van der Waals surface area contributed by atoms with Crippen LogP contribution in [0.2, 0.25) is 0 Å². The summed E-state index contributed by atoms with van der Waals surface area (Å²) in [6.07, 6.45) is 7.51. The average molecular weight is 294 g/mol. The molecule has 1 aliphatic heterocycles. The van der Waals surface area contributed by atoms with E-state index in [0.29, 0.717) is 23.7 Å². The highest BCUT2D eigenvalue weighted by Gasteiger charge is 2.32. The second-order valence-corrected chi connectivity index (χ2v) is 5.36. The van der Waals surface area contributed by atoms with Crippen molar-refractivity contribution in [2.45, 2.75) is 30.5 Å². The van der Waals surface area contributed by atoms with Gasteiger partial charge in [0.25, 0.3) is 5.91 Å². The zero-order chi connectivity index (χ0) is 14.5. The molecule has 0 bridgehead atoms. The number of carbonyl (C=O) groups excluding carboxylic acids is 2. The van der Waals surface area contributed by atoms with Crippen LogP contribution >= 0.6 is 11.8 Å². The number of nitrogens with one attached hydrogen (secondary N) is 1. The Kier molecular flexibility index (Phi) is 4.94. The number of likely N-dealkylation sites (N-methyl/N-ethyl adjacent to an activating group) is 1. The SMILES string of the molecule is CNC(=O)[C@@H]1CCCCN1C(=O)c1cnc(SC)nc1. The largest absolute Gasteiger partial charge is 0.357 e. The molecule has 2 heterocycles. The first kappa shape index (κ1) is 14.8. The van der Waals surface area contributed by atoms with E-state index < -0.39 is 0 Å². The van der Waals surface area contributed by atoms with Crippen LogP contribution in [0.15, 0.2) is 17.6 Å². The average Bonchev–Trinajstić information content (AvgIpc) is 2.53. The van der Waals surface area contributed by atoms with Crippen molar-refractivity contribution in [1.29, 1.82) is 0 Å². The molecule has 0 aliphatic carbocycles. The molecule has 0 spiro atoms. The van der Waals surface area contributed by atoms with Crippen LogP contribution in [-0.4, -0.2) is 52.6 Å². The molecule has 1 fully saturated rings. The Morgan fingerprint density at radius 3 is 2.65 bits per heavy atom. The van der Waals surface area contributed by atoms with Gasteiger partial charge in [-0.25, -0.2) is 9.97 Å². The van der Waals surface area contributed by atoms with Crippen LogP contribution in [0.5, 0.6) is 0 Å². The Hall–Kier alpha value is -1.63. The van der Waals surface area contributed by atoms with Gasteiger partial charge < -0.3 is 10.2 Å². The summed E-state index contributed by atoms with van der Waals surface area (Å²) in [4.78, 5) is 34.2. The fourth-order valence-corrected chi connectivity index (χ4v) is 2.63. The number of rotatable bonds is 3. The molecule has 1 saturated heterocycles. The lowest BCUT2D eigenvalue weighted by Crippen LogP contribution is -2.51. The first-order valence-electron chi connectivity index (χ1n) is 6.56. The van der Waals surface area contributed by atoms with E-state index >= 15 is 0 Å². The molecule has 108 valence electrons. The van der Waals surface area contributed by atoms with E-state index in [-0.39, 0.29) is 17.9 Å². The van der Waals surface area contributed by atoms with E-state index in [4.69, 9.17) is 0 Å². The molecule has 0 saturated carbocycles. The molecule has 20 heavy (non-hydrogen) atoms. The van der Waals surface area contributed by atoms with E-state index in [1.54, 1.807) is 11.9 Å². The van der Waals surface area contributed by atoms with E-state index in [1.807, 2.05) is 6.26 Å². The molecule has 0 aromatic carbocycles. The smallest absolute Gasteiger partial charge is 0.257 e. The summed E-state index contributed by atoms with van der Waals surface area (Å²) in [6.45, 7) is 0.598.